The minimum absolute atomic E-state index is 0.157. The summed E-state index contributed by atoms with van der Waals surface area (Å²) in [5.74, 6) is -2.77. The number of aromatic nitrogens is 1. The standard InChI is InChI=1S/C17H17ClN4O6S2/c1-3-8(9-12(18)30-17(19)21-9)13(24)20-10-14(25)22-11(16(26)27)7(4-28-6(2)23)5-29-15(10)22/h3,10,15H,4-5H2,1-2H3,(H2,19,21)(H,20,24)(H,26,27)/b8-3-/t10?,15-/m0/s1. The Hall–Kier alpha value is -2.57. The van der Waals surface area contributed by atoms with Gasteiger partial charge >= 0.3 is 11.9 Å². The van der Waals surface area contributed by atoms with Gasteiger partial charge in [0.1, 0.15) is 33.7 Å². The van der Waals surface area contributed by atoms with Crippen molar-refractivity contribution in [1.82, 2.24) is 15.2 Å². The monoisotopic (exact) mass is 472 g/mol. The summed E-state index contributed by atoms with van der Waals surface area (Å²) >= 11 is 8.37. The number of carboxylic acids is 1. The number of fused-ring (bicyclic) bond motifs is 1. The van der Waals surface area contributed by atoms with E-state index in [1.165, 1.54) is 24.8 Å². The fraction of sp³-hybridized carbons (Fsp3) is 0.353. The Morgan fingerprint density at radius 3 is 2.70 bits per heavy atom. The number of hydrogen-bond donors (Lipinski definition) is 3. The number of allylic oxidation sites excluding steroid dienone is 1. The van der Waals surface area contributed by atoms with Crippen LogP contribution in [-0.4, -0.2) is 62.5 Å². The van der Waals surface area contributed by atoms with Crippen molar-refractivity contribution in [3.8, 4) is 0 Å². The molecule has 1 saturated heterocycles. The number of ether oxygens (including phenoxy) is 1. The highest BCUT2D eigenvalue weighted by Crippen LogP contribution is 2.41. The highest BCUT2D eigenvalue weighted by atomic mass is 35.5. The molecule has 1 aromatic heterocycles. The van der Waals surface area contributed by atoms with Crippen LogP contribution in [0, 0.1) is 0 Å². The maximum atomic E-state index is 12.7. The molecule has 160 valence electrons. The summed E-state index contributed by atoms with van der Waals surface area (Å²) in [6.45, 7) is 2.61. The number of halogens is 1. The summed E-state index contributed by atoms with van der Waals surface area (Å²) in [6, 6.07) is -0.920. The second-order valence-corrected chi connectivity index (χ2v) is 9.01. The number of esters is 1. The van der Waals surface area contributed by atoms with E-state index in [0.717, 1.165) is 16.2 Å². The zero-order valence-corrected chi connectivity index (χ0v) is 18.2. The lowest BCUT2D eigenvalue weighted by Crippen LogP contribution is -2.70. The molecule has 13 heteroatoms. The molecule has 1 unspecified atom stereocenters. The Morgan fingerprint density at radius 2 is 2.17 bits per heavy atom. The third-order valence-electron chi connectivity index (χ3n) is 4.38. The number of amides is 2. The highest BCUT2D eigenvalue weighted by Gasteiger charge is 2.54. The van der Waals surface area contributed by atoms with E-state index in [9.17, 15) is 24.3 Å². The first kappa shape index (κ1) is 22.1. The van der Waals surface area contributed by atoms with Crippen molar-refractivity contribution in [3.63, 3.8) is 0 Å². The topological polar surface area (TPSA) is 152 Å². The van der Waals surface area contributed by atoms with Crippen molar-refractivity contribution < 1.29 is 29.0 Å². The number of nitrogens with two attached hydrogens (primary N) is 1. The van der Waals surface area contributed by atoms with Gasteiger partial charge in [-0.3, -0.25) is 19.3 Å². The van der Waals surface area contributed by atoms with E-state index in [1.807, 2.05) is 0 Å². The molecule has 0 radical (unpaired) electrons. The lowest BCUT2D eigenvalue weighted by atomic mass is 10.0. The molecular formula is C17H17ClN4O6S2. The molecule has 3 heterocycles. The first-order valence-electron chi connectivity index (χ1n) is 8.58. The van der Waals surface area contributed by atoms with Gasteiger partial charge in [-0.1, -0.05) is 29.0 Å². The molecule has 2 atom stereocenters. The first-order valence-corrected chi connectivity index (χ1v) is 10.8. The third kappa shape index (κ3) is 4.02. The molecule has 30 heavy (non-hydrogen) atoms. The summed E-state index contributed by atoms with van der Waals surface area (Å²) in [7, 11) is 0. The number of anilines is 1. The van der Waals surface area contributed by atoms with Gasteiger partial charge in [0.25, 0.3) is 11.8 Å². The minimum atomic E-state index is -1.31. The predicted octanol–water partition coefficient (Wildman–Crippen LogP) is 1.08. The Balaban J connectivity index is 1.78. The van der Waals surface area contributed by atoms with Crippen LogP contribution in [0.2, 0.25) is 4.34 Å². The largest absolute Gasteiger partial charge is 0.477 e. The van der Waals surface area contributed by atoms with Crippen molar-refractivity contribution in [2.75, 3.05) is 18.1 Å². The van der Waals surface area contributed by atoms with Crippen molar-refractivity contribution in [3.05, 3.63) is 27.4 Å². The Kier molecular flexibility index (Phi) is 6.38. The van der Waals surface area contributed by atoms with Gasteiger partial charge in [0.2, 0.25) is 0 Å². The van der Waals surface area contributed by atoms with Crippen molar-refractivity contribution in [2.24, 2.45) is 0 Å². The average molecular weight is 473 g/mol. The van der Waals surface area contributed by atoms with Gasteiger partial charge in [-0.15, -0.1) is 11.8 Å². The van der Waals surface area contributed by atoms with Gasteiger partial charge in [0, 0.05) is 18.2 Å². The van der Waals surface area contributed by atoms with Crippen LogP contribution < -0.4 is 11.1 Å². The number of carbonyl (C=O) groups is 4. The Bertz CT molecular complexity index is 1000. The number of thioether (sulfide) groups is 1. The second-order valence-electron chi connectivity index (χ2n) is 6.28. The zero-order valence-electron chi connectivity index (χ0n) is 15.8. The molecule has 2 aliphatic rings. The van der Waals surface area contributed by atoms with Gasteiger partial charge in [0.05, 0.1) is 5.57 Å². The smallest absolute Gasteiger partial charge is 0.352 e. The first-order chi connectivity index (χ1) is 14.1. The summed E-state index contributed by atoms with van der Waals surface area (Å²) in [5, 5.41) is 11.8. The average Bonchev–Trinajstić information content (AvgIpc) is 3.01. The number of β-lactam (4-membered cyclic amide) rings is 1. The van der Waals surface area contributed by atoms with Crippen LogP contribution in [0.5, 0.6) is 0 Å². The van der Waals surface area contributed by atoms with Crippen LogP contribution in [0.25, 0.3) is 5.57 Å². The number of nitrogens with one attached hydrogen (secondary N) is 1. The molecule has 4 N–H and O–H groups in total. The van der Waals surface area contributed by atoms with Crippen LogP contribution >= 0.6 is 34.7 Å². The summed E-state index contributed by atoms with van der Waals surface area (Å²) < 4.78 is 5.13. The number of nitrogens with zero attached hydrogens (tertiary/aromatic N) is 2. The number of carboxylic acid groups (broad SMARTS) is 1. The van der Waals surface area contributed by atoms with Gasteiger partial charge in [-0.25, -0.2) is 9.78 Å². The lowest BCUT2D eigenvalue weighted by molar-refractivity contribution is -0.150. The number of rotatable bonds is 6. The maximum Gasteiger partial charge on any atom is 0.352 e. The number of thiazole rings is 1. The molecular weight excluding hydrogens is 456 g/mol. The molecule has 0 aliphatic carbocycles. The van der Waals surface area contributed by atoms with Crippen LogP contribution in [0.3, 0.4) is 0 Å². The quantitative estimate of drug-likeness (QED) is 0.313. The number of hydrogen-bond acceptors (Lipinski definition) is 9. The van der Waals surface area contributed by atoms with E-state index < -0.39 is 35.2 Å². The van der Waals surface area contributed by atoms with Gasteiger partial charge in [-0.05, 0) is 6.92 Å². The van der Waals surface area contributed by atoms with Crippen LogP contribution in [0.15, 0.2) is 17.3 Å². The lowest BCUT2D eigenvalue weighted by Gasteiger charge is -2.49. The fourth-order valence-electron chi connectivity index (χ4n) is 3.06. The van der Waals surface area contributed by atoms with E-state index >= 15 is 0 Å². The summed E-state index contributed by atoms with van der Waals surface area (Å²) in [4.78, 5) is 53.3. The van der Waals surface area contributed by atoms with Gasteiger partial charge in [0.15, 0.2) is 5.13 Å². The molecule has 2 amide bonds. The fourth-order valence-corrected chi connectivity index (χ4v) is 5.34. The van der Waals surface area contributed by atoms with E-state index in [2.05, 4.69) is 10.3 Å². The van der Waals surface area contributed by atoms with E-state index in [0.29, 0.717) is 5.57 Å². The van der Waals surface area contributed by atoms with E-state index in [4.69, 9.17) is 22.1 Å². The normalized spacial score (nSPS) is 21.1. The zero-order chi connectivity index (χ0) is 22.2. The second kappa shape index (κ2) is 8.66. The van der Waals surface area contributed by atoms with Crippen molar-refractivity contribution >= 4 is 69.2 Å². The van der Waals surface area contributed by atoms with Gasteiger partial charge < -0.3 is 20.9 Å². The molecule has 0 aromatic carbocycles. The minimum Gasteiger partial charge on any atom is -0.477 e. The maximum absolute atomic E-state index is 12.7. The molecule has 1 aromatic rings. The Morgan fingerprint density at radius 1 is 1.47 bits per heavy atom. The highest BCUT2D eigenvalue weighted by molar-refractivity contribution is 8.00. The van der Waals surface area contributed by atoms with Crippen molar-refractivity contribution in [2.45, 2.75) is 25.3 Å². The van der Waals surface area contributed by atoms with Crippen molar-refractivity contribution in [1.29, 1.82) is 0 Å². The summed E-state index contributed by atoms with van der Waals surface area (Å²) in [6.07, 6.45) is 1.50. The summed E-state index contributed by atoms with van der Waals surface area (Å²) in [5.41, 5.74) is 6.09. The molecule has 0 bridgehead atoms. The molecule has 2 aliphatic heterocycles. The Labute approximate surface area is 184 Å². The third-order valence-corrected chi connectivity index (χ3v) is 6.80. The molecule has 0 spiro atoms. The van der Waals surface area contributed by atoms with Crippen LogP contribution in [0.4, 0.5) is 5.13 Å². The number of carbonyl (C=O) groups excluding carboxylic acids is 3. The van der Waals surface area contributed by atoms with Gasteiger partial charge in [-0.2, -0.15) is 0 Å². The van der Waals surface area contributed by atoms with Crippen LogP contribution in [0.1, 0.15) is 19.5 Å². The number of aliphatic carboxylic acids is 1. The molecule has 0 saturated carbocycles. The molecule has 1 fully saturated rings. The molecule has 10 nitrogen and oxygen atoms in total. The SMILES string of the molecule is C/C=C(\C(=O)NC1C(=O)N2C(C(=O)O)=C(COC(C)=O)CS[C@@H]12)c1nc(N)sc1Cl. The van der Waals surface area contributed by atoms with Crippen LogP contribution in [-0.2, 0) is 23.9 Å². The molecule has 3 rings (SSSR count). The van der Waals surface area contributed by atoms with E-state index in [-0.39, 0.29) is 38.8 Å². The predicted molar refractivity (Wildman–Crippen MR) is 112 cm³/mol. The van der Waals surface area contributed by atoms with E-state index in [1.54, 1.807) is 6.92 Å². The number of nitrogen functional groups attached to an aromatic ring is 1.